The molecule has 9 atom stereocenters. The van der Waals surface area contributed by atoms with Crippen LogP contribution in [0.25, 0.3) is 0 Å². The second-order valence-electron chi connectivity index (χ2n) is 13.7. The summed E-state index contributed by atoms with van der Waals surface area (Å²) in [6, 6.07) is -2.49. The van der Waals surface area contributed by atoms with Gasteiger partial charge < -0.3 is 30.8 Å². The largest absolute Gasteiger partial charge is 0.480 e. The van der Waals surface area contributed by atoms with Crippen molar-refractivity contribution in [1.82, 2.24) is 10.6 Å². The molecule has 5 N–H and O–H groups in total. The zero-order valence-electron chi connectivity index (χ0n) is 25.5. The Bertz CT molecular complexity index is 1190. The highest BCUT2D eigenvalue weighted by Gasteiger charge is 2.63. The van der Waals surface area contributed by atoms with Crippen molar-refractivity contribution >= 4 is 23.5 Å². The van der Waals surface area contributed by atoms with Gasteiger partial charge in [0.1, 0.15) is 11.6 Å². The zero-order valence-corrected chi connectivity index (χ0v) is 25.5. The summed E-state index contributed by atoms with van der Waals surface area (Å²) < 4.78 is 0. The van der Waals surface area contributed by atoms with Crippen LogP contribution in [-0.4, -0.2) is 69.2 Å². The first-order valence-corrected chi connectivity index (χ1v) is 15.3. The Morgan fingerprint density at radius 3 is 2.38 bits per heavy atom. The van der Waals surface area contributed by atoms with Crippen LogP contribution in [0, 0.1) is 46.8 Å². The van der Waals surface area contributed by atoms with Crippen LogP contribution in [0.1, 0.15) is 86.0 Å². The maximum absolute atomic E-state index is 12.7. The highest BCUT2D eigenvalue weighted by atomic mass is 16.6. The Morgan fingerprint density at radius 2 is 1.76 bits per heavy atom. The highest BCUT2D eigenvalue weighted by Crippen LogP contribution is 2.67. The number of hydrogen-bond acceptors (Lipinski definition) is 7. The van der Waals surface area contributed by atoms with Gasteiger partial charge in [-0.15, -0.1) is 6.42 Å². The molecule has 2 amide bonds. The molecule has 0 bridgehead atoms. The minimum absolute atomic E-state index is 0.0647. The number of allylic oxidation sites excluding steroid dienone is 2. The van der Waals surface area contributed by atoms with Crippen molar-refractivity contribution in [1.29, 1.82) is 0 Å². The smallest absolute Gasteiger partial charge is 0.328 e. The average molecular weight is 586 g/mol. The molecule has 10 nitrogen and oxygen atoms in total. The molecule has 0 radical (unpaired) electrons. The van der Waals surface area contributed by atoms with E-state index in [9.17, 15) is 29.7 Å². The molecular formula is C32H47N3O7. The summed E-state index contributed by atoms with van der Waals surface area (Å²) in [5.41, 5.74) is 0.998. The van der Waals surface area contributed by atoms with Crippen molar-refractivity contribution in [2.24, 2.45) is 39.7 Å². The molecule has 232 valence electrons. The predicted molar refractivity (Wildman–Crippen MR) is 157 cm³/mol. The number of nitrogens with zero attached hydrogens (tertiary/aromatic N) is 1. The van der Waals surface area contributed by atoms with Crippen molar-refractivity contribution < 1.29 is 34.5 Å². The third-order valence-corrected chi connectivity index (χ3v) is 11.1. The minimum atomic E-state index is -1.49. The van der Waals surface area contributed by atoms with Gasteiger partial charge in [0.05, 0.1) is 11.8 Å². The topological polar surface area (TPSA) is 158 Å². The molecule has 0 saturated heterocycles. The summed E-state index contributed by atoms with van der Waals surface area (Å²) >= 11 is 0. The van der Waals surface area contributed by atoms with Gasteiger partial charge in [-0.2, -0.15) is 0 Å². The maximum Gasteiger partial charge on any atom is 0.328 e. The third kappa shape index (κ3) is 5.70. The Hall–Kier alpha value is -2.90. The SMILES string of the molecule is C#C[C@@]1(O)CC[C@@H]2[C@@H]3CCC4=C/C(=N/OCC(=O)N[C@H](C(=O)N[C@@H](C(=O)O)[C@@H](C)O)C(C)C)CC[C@]4(C)[C@@H]3CC[C@@]21C. The second kappa shape index (κ2) is 12.0. The lowest BCUT2D eigenvalue weighted by atomic mass is 9.46. The minimum Gasteiger partial charge on any atom is -0.480 e. The number of carboxylic acids is 1. The summed E-state index contributed by atoms with van der Waals surface area (Å²) in [5, 5.41) is 39.2. The molecule has 0 spiro atoms. The quantitative estimate of drug-likeness (QED) is 0.206. The van der Waals surface area contributed by atoms with E-state index in [1.54, 1.807) is 13.8 Å². The van der Waals surface area contributed by atoms with Crippen LogP contribution in [-0.2, 0) is 19.2 Å². The van der Waals surface area contributed by atoms with E-state index in [1.807, 2.05) is 0 Å². The molecule has 0 heterocycles. The number of oxime groups is 1. The molecule has 4 aliphatic rings. The van der Waals surface area contributed by atoms with E-state index in [0.717, 1.165) is 50.7 Å². The van der Waals surface area contributed by atoms with E-state index >= 15 is 0 Å². The number of aliphatic hydroxyl groups excluding tert-OH is 1. The van der Waals surface area contributed by atoms with Gasteiger partial charge in [-0.1, -0.05) is 44.3 Å². The van der Waals surface area contributed by atoms with Gasteiger partial charge in [-0.3, -0.25) is 9.59 Å². The molecular weight excluding hydrogens is 538 g/mol. The van der Waals surface area contributed by atoms with Crippen molar-refractivity contribution in [3.63, 3.8) is 0 Å². The number of carbonyl (C=O) groups excluding carboxylic acids is 2. The fourth-order valence-electron chi connectivity index (χ4n) is 8.45. The van der Waals surface area contributed by atoms with Crippen LogP contribution in [0.15, 0.2) is 16.8 Å². The van der Waals surface area contributed by atoms with Crippen LogP contribution in [0.5, 0.6) is 0 Å². The van der Waals surface area contributed by atoms with Gasteiger partial charge in [0.15, 0.2) is 12.6 Å². The average Bonchev–Trinajstić information content (AvgIpc) is 3.20. The number of nitrogens with one attached hydrogen (secondary N) is 2. The van der Waals surface area contributed by atoms with Crippen molar-refractivity contribution in [3.8, 4) is 12.3 Å². The van der Waals surface area contributed by atoms with E-state index in [1.165, 1.54) is 12.5 Å². The molecule has 0 aromatic rings. The molecule has 0 aromatic carbocycles. The first kappa shape index (κ1) is 32.0. The van der Waals surface area contributed by atoms with Crippen molar-refractivity contribution in [3.05, 3.63) is 11.6 Å². The van der Waals surface area contributed by atoms with Crippen molar-refractivity contribution in [2.45, 2.75) is 110 Å². The highest BCUT2D eigenvalue weighted by molar-refractivity contribution is 5.96. The number of carboxylic acid groups (broad SMARTS) is 1. The van der Waals surface area contributed by atoms with Gasteiger partial charge in [0.25, 0.3) is 5.91 Å². The molecule has 0 unspecified atom stereocenters. The number of carbonyl (C=O) groups is 3. The third-order valence-electron chi connectivity index (χ3n) is 11.1. The Labute approximate surface area is 248 Å². The number of fused-ring (bicyclic) bond motifs is 5. The van der Waals surface area contributed by atoms with Crippen LogP contribution in [0.3, 0.4) is 0 Å². The maximum atomic E-state index is 12.7. The molecule has 10 heteroatoms. The monoisotopic (exact) mass is 585 g/mol. The number of rotatable bonds is 9. The van der Waals surface area contributed by atoms with Gasteiger partial charge in [0.2, 0.25) is 5.91 Å². The summed E-state index contributed by atoms with van der Waals surface area (Å²) in [6.07, 6.45) is 14.0. The van der Waals surface area contributed by atoms with Gasteiger partial charge in [0, 0.05) is 5.41 Å². The number of amides is 2. The van der Waals surface area contributed by atoms with Crippen LogP contribution in [0.2, 0.25) is 0 Å². The van der Waals surface area contributed by atoms with E-state index < -0.39 is 41.6 Å². The fraction of sp³-hybridized carbons (Fsp3) is 0.750. The van der Waals surface area contributed by atoms with Crippen LogP contribution < -0.4 is 10.6 Å². The van der Waals surface area contributed by atoms with Gasteiger partial charge in [-0.25, -0.2) is 4.79 Å². The number of terminal acetylenes is 1. The Kier molecular flexibility index (Phi) is 9.15. The van der Waals surface area contributed by atoms with E-state index in [2.05, 4.69) is 41.6 Å². The molecule has 4 aliphatic carbocycles. The van der Waals surface area contributed by atoms with E-state index in [0.29, 0.717) is 24.2 Å². The second-order valence-corrected chi connectivity index (χ2v) is 13.7. The molecule has 3 fully saturated rings. The molecule has 0 aromatic heterocycles. The van der Waals surface area contributed by atoms with Crippen LogP contribution in [0.4, 0.5) is 0 Å². The van der Waals surface area contributed by atoms with Crippen LogP contribution >= 0.6 is 0 Å². The molecule has 0 aliphatic heterocycles. The first-order valence-electron chi connectivity index (χ1n) is 15.3. The van der Waals surface area contributed by atoms with Gasteiger partial charge in [-0.05, 0) is 93.5 Å². The lowest BCUT2D eigenvalue weighted by molar-refractivity contribution is -0.145. The summed E-state index contributed by atoms with van der Waals surface area (Å²) in [7, 11) is 0. The molecule has 4 rings (SSSR count). The Morgan fingerprint density at radius 1 is 1.07 bits per heavy atom. The van der Waals surface area contributed by atoms with Crippen molar-refractivity contribution in [2.75, 3.05) is 6.61 Å². The molecule has 42 heavy (non-hydrogen) atoms. The standard InChI is InChI=1S/C32H47N3O7/c1-7-32(41)15-12-24-22-9-8-20-16-21(10-13-30(20,5)23(22)11-14-31(24,32)6)35-42-17-25(37)33-26(18(2)3)28(38)34-27(19(4)36)29(39)40/h1,16,18-19,22-24,26-27,36,41H,8-15,17H2,2-6H3,(H,33,37)(H,34,38)(H,39,40)/b35-21+/t19-,22-,23-,24-,26+,27-,30+,31+,32-/m1/s1. The fourth-order valence-corrected chi connectivity index (χ4v) is 8.45. The lowest BCUT2D eigenvalue weighted by Gasteiger charge is -2.58. The summed E-state index contributed by atoms with van der Waals surface area (Å²) in [6.45, 7) is 8.89. The molecule has 3 saturated carbocycles. The number of hydrogen-bond donors (Lipinski definition) is 5. The summed E-state index contributed by atoms with van der Waals surface area (Å²) in [4.78, 5) is 42.0. The normalized spacial score (nSPS) is 36.8. The first-order chi connectivity index (χ1) is 19.7. The Balaban J connectivity index is 1.36. The predicted octanol–water partition coefficient (Wildman–Crippen LogP) is 2.78. The van der Waals surface area contributed by atoms with E-state index in [4.69, 9.17) is 11.3 Å². The summed E-state index contributed by atoms with van der Waals surface area (Å²) in [5.74, 6) is 1.31. The number of aliphatic hydroxyl groups is 2. The zero-order chi connectivity index (χ0) is 31.0. The number of aliphatic carboxylic acids is 1. The van der Waals surface area contributed by atoms with E-state index in [-0.39, 0.29) is 23.4 Å². The van der Waals surface area contributed by atoms with Gasteiger partial charge >= 0.3 is 5.97 Å². The lowest BCUT2D eigenvalue weighted by Crippen LogP contribution is -2.56.